The molecule has 0 aromatic heterocycles. The predicted octanol–water partition coefficient (Wildman–Crippen LogP) is 2.62. The quantitative estimate of drug-likeness (QED) is 0.258. The maximum absolute atomic E-state index is 12.6. The molecule has 1 aromatic rings. The molecule has 0 radical (unpaired) electrons. The van der Waals surface area contributed by atoms with Gasteiger partial charge in [-0.1, -0.05) is 31.2 Å². The third kappa shape index (κ3) is 6.15. The lowest BCUT2D eigenvalue weighted by Crippen LogP contribution is -2.61. The van der Waals surface area contributed by atoms with Gasteiger partial charge < -0.3 is 14.3 Å². The van der Waals surface area contributed by atoms with Crippen LogP contribution in [0.1, 0.15) is 56.5 Å². The Morgan fingerprint density at radius 1 is 0.889 bits per heavy atom. The molecule has 1 aromatic carbocycles. The lowest BCUT2D eigenvalue weighted by molar-refractivity contribution is -0.175. The van der Waals surface area contributed by atoms with Gasteiger partial charge in [0.2, 0.25) is 5.54 Å². The van der Waals surface area contributed by atoms with Gasteiger partial charge >= 0.3 is 11.9 Å². The molecule has 0 aliphatic heterocycles. The van der Waals surface area contributed by atoms with Crippen molar-refractivity contribution in [2.24, 2.45) is 0 Å². The minimum atomic E-state index is -1.82. The first-order chi connectivity index (χ1) is 12.9. The molecule has 0 aliphatic rings. The molecule has 1 rings (SSSR count). The number of nitrogens with one attached hydrogen (secondary N) is 1. The lowest BCUT2D eigenvalue weighted by Gasteiger charge is -2.29. The number of hydroxylamine groups is 1. The third-order valence-corrected chi connectivity index (χ3v) is 3.86. The van der Waals surface area contributed by atoms with E-state index in [1.54, 1.807) is 45.0 Å². The number of hydrogen-bond acceptors (Lipinski definition) is 7. The molecule has 0 unspecified atom stereocenters. The van der Waals surface area contributed by atoms with Crippen molar-refractivity contribution in [3.63, 3.8) is 0 Å². The van der Waals surface area contributed by atoms with Gasteiger partial charge in [0.15, 0.2) is 5.78 Å². The first-order valence-electron chi connectivity index (χ1n) is 9.30. The Kier molecular flexibility index (Phi) is 9.67. The maximum Gasteiger partial charge on any atom is 0.340 e. The summed E-state index contributed by atoms with van der Waals surface area (Å²) in [6.45, 7) is 7.44. The van der Waals surface area contributed by atoms with Crippen LogP contribution in [0.4, 0.5) is 0 Å². The van der Waals surface area contributed by atoms with E-state index in [1.165, 1.54) is 0 Å². The number of esters is 2. The Balaban J connectivity index is 3.19. The van der Waals surface area contributed by atoms with Crippen LogP contribution in [-0.4, -0.2) is 43.1 Å². The smallest absolute Gasteiger partial charge is 0.340 e. The van der Waals surface area contributed by atoms with Crippen molar-refractivity contribution in [1.82, 2.24) is 5.48 Å². The van der Waals surface area contributed by atoms with Gasteiger partial charge in [0.05, 0.1) is 19.8 Å². The predicted molar refractivity (Wildman–Crippen MR) is 100 cm³/mol. The van der Waals surface area contributed by atoms with Crippen LogP contribution in [0.25, 0.3) is 0 Å². The zero-order chi connectivity index (χ0) is 20.3. The van der Waals surface area contributed by atoms with Gasteiger partial charge in [-0.25, -0.2) is 9.59 Å². The van der Waals surface area contributed by atoms with Crippen molar-refractivity contribution in [3.8, 4) is 0 Å². The van der Waals surface area contributed by atoms with Gasteiger partial charge in [0.25, 0.3) is 0 Å². The van der Waals surface area contributed by atoms with Crippen LogP contribution in [0.5, 0.6) is 0 Å². The summed E-state index contributed by atoms with van der Waals surface area (Å²) < 4.78 is 10.2. The Hall–Kier alpha value is -2.25. The second-order valence-electron chi connectivity index (χ2n) is 5.93. The summed E-state index contributed by atoms with van der Waals surface area (Å²) in [5, 5.41) is 0. The number of rotatable bonds is 12. The molecule has 0 fully saturated rings. The Bertz CT molecular complexity index is 608. The number of hydrogen-bond donors (Lipinski definition) is 1. The molecule has 0 aliphatic carbocycles. The molecule has 150 valence electrons. The fourth-order valence-electron chi connectivity index (χ4n) is 2.54. The molecule has 0 atom stereocenters. The Morgan fingerprint density at radius 3 is 1.89 bits per heavy atom. The third-order valence-electron chi connectivity index (χ3n) is 3.86. The van der Waals surface area contributed by atoms with E-state index < -0.39 is 17.5 Å². The van der Waals surface area contributed by atoms with E-state index in [-0.39, 0.29) is 32.0 Å². The van der Waals surface area contributed by atoms with E-state index in [0.29, 0.717) is 17.5 Å². The van der Waals surface area contributed by atoms with Crippen LogP contribution < -0.4 is 5.48 Å². The monoisotopic (exact) mass is 379 g/mol. The second-order valence-corrected chi connectivity index (χ2v) is 5.93. The molecule has 27 heavy (non-hydrogen) atoms. The SMILES string of the molecule is CCCC(=O)c1ccc(CC(NOCC)(C(=O)OCC)C(=O)OCC)cc1. The summed E-state index contributed by atoms with van der Waals surface area (Å²) in [7, 11) is 0. The van der Waals surface area contributed by atoms with Gasteiger partial charge in [-0.3, -0.25) is 4.79 Å². The molecule has 0 amide bonds. The van der Waals surface area contributed by atoms with Crippen LogP contribution in [0, 0.1) is 0 Å². The number of ether oxygens (including phenoxy) is 2. The highest BCUT2D eigenvalue weighted by molar-refractivity contribution is 6.05. The molecule has 7 heteroatoms. The number of carbonyl (C=O) groups is 3. The van der Waals surface area contributed by atoms with Crippen molar-refractivity contribution < 1.29 is 28.7 Å². The molecule has 0 spiro atoms. The second kappa shape index (κ2) is 11.5. The lowest BCUT2D eigenvalue weighted by atomic mass is 9.90. The van der Waals surface area contributed by atoms with Crippen LogP contribution in [-0.2, 0) is 30.3 Å². The summed E-state index contributed by atoms with van der Waals surface area (Å²) in [6, 6.07) is 6.80. The first kappa shape index (κ1) is 22.8. The molecule has 7 nitrogen and oxygen atoms in total. The fourth-order valence-corrected chi connectivity index (χ4v) is 2.54. The molecular formula is C20H29NO6. The van der Waals surface area contributed by atoms with Gasteiger partial charge in [0.1, 0.15) is 0 Å². The summed E-state index contributed by atoms with van der Waals surface area (Å²) in [5.74, 6) is -1.50. The van der Waals surface area contributed by atoms with Crippen molar-refractivity contribution in [2.45, 2.75) is 52.5 Å². The molecule has 0 bridgehead atoms. The highest BCUT2D eigenvalue weighted by atomic mass is 16.7. The van der Waals surface area contributed by atoms with E-state index in [0.717, 1.165) is 6.42 Å². The van der Waals surface area contributed by atoms with Crippen LogP contribution >= 0.6 is 0 Å². The van der Waals surface area contributed by atoms with Gasteiger partial charge in [-0.05, 0) is 32.8 Å². The van der Waals surface area contributed by atoms with E-state index in [4.69, 9.17) is 14.3 Å². The van der Waals surface area contributed by atoms with E-state index in [1.807, 2.05) is 6.92 Å². The number of carbonyl (C=O) groups excluding carboxylic acids is 3. The van der Waals surface area contributed by atoms with Gasteiger partial charge in [0, 0.05) is 18.4 Å². The number of ketones is 1. The average molecular weight is 379 g/mol. The molecule has 0 saturated carbocycles. The standard InChI is InChI=1S/C20H29NO6/c1-5-9-17(22)16-12-10-15(11-13-16)14-20(21-27-8-4,18(23)25-6-2)19(24)26-7-3/h10-13,21H,5-9,14H2,1-4H3. The van der Waals surface area contributed by atoms with Crippen molar-refractivity contribution in [2.75, 3.05) is 19.8 Å². The fraction of sp³-hybridized carbons (Fsp3) is 0.550. The highest BCUT2D eigenvalue weighted by Gasteiger charge is 2.50. The topological polar surface area (TPSA) is 90.9 Å². The highest BCUT2D eigenvalue weighted by Crippen LogP contribution is 2.20. The maximum atomic E-state index is 12.6. The van der Waals surface area contributed by atoms with Crippen molar-refractivity contribution in [3.05, 3.63) is 35.4 Å². The Labute approximate surface area is 160 Å². The zero-order valence-electron chi connectivity index (χ0n) is 16.5. The number of Topliss-reactive ketones (excluding diaryl/α,β-unsaturated/α-hetero) is 1. The summed E-state index contributed by atoms with van der Waals surface area (Å²) in [6.07, 6.45) is 1.21. The van der Waals surface area contributed by atoms with E-state index >= 15 is 0 Å². The van der Waals surface area contributed by atoms with Crippen molar-refractivity contribution >= 4 is 17.7 Å². The molecule has 0 saturated heterocycles. The van der Waals surface area contributed by atoms with E-state index in [2.05, 4.69) is 5.48 Å². The Morgan fingerprint density at radius 2 is 1.44 bits per heavy atom. The van der Waals surface area contributed by atoms with Crippen molar-refractivity contribution in [1.29, 1.82) is 0 Å². The summed E-state index contributed by atoms with van der Waals surface area (Å²) in [4.78, 5) is 42.4. The van der Waals surface area contributed by atoms with E-state index in [9.17, 15) is 14.4 Å². The number of benzene rings is 1. The zero-order valence-corrected chi connectivity index (χ0v) is 16.5. The van der Waals surface area contributed by atoms with Crippen LogP contribution in [0.2, 0.25) is 0 Å². The summed E-state index contributed by atoms with van der Waals surface area (Å²) in [5.41, 5.74) is 1.98. The average Bonchev–Trinajstić information content (AvgIpc) is 2.66. The van der Waals surface area contributed by atoms with Crippen LogP contribution in [0.15, 0.2) is 24.3 Å². The van der Waals surface area contributed by atoms with Gasteiger partial charge in [-0.15, -0.1) is 0 Å². The largest absolute Gasteiger partial charge is 0.464 e. The minimum Gasteiger partial charge on any atom is -0.464 e. The molecule has 0 heterocycles. The molecule has 1 N–H and O–H groups in total. The normalized spacial score (nSPS) is 11.1. The molecular weight excluding hydrogens is 350 g/mol. The van der Waals surface area contributed by atoms with Crippen LogP contribution in [0.3, 0.4) is 0 Å². The summed E-state index contributed by atoms with van der Waals surface area (Å²) >= 11 is 0. The minimum absolute atomic E-state index is 0.0348. The first-order valence-corrected chi connectivity index (χ1v) is 9.30. The van der Waals surface area contributed by atoms with Gasteiger partial charge in [-0.2, -0.15) is 5.48 Å².